The standard InChI is InChI=1S/C5H9O6P.2CH4/c1-4(2)5(6)10-3-11-12(7,8)9;;/h1,3H2,2H3,(H2,7,8,9);2*1H4. The van der Waals surface area contributed by atoms with E-state index in [1.165, 1.54) is 6.92 Å². The third kappa shape index (κ3) is 11.3. The average Bonchev–Trinajstić information content (AvgIpc) is 1.84. The molecule has 0 rings (SSSR count). The smallest absolute Gasteiger partial charge is 0.435 e. The quantitative estimate of drug-likeness (QED) is 0.327. The molecule has 0 fully saturated rings. The van der Waals surface area contributed by atoms with Crippen molar-refractivity contribution in [3.63, 3.8) is 0 Å². The van der Waals surface area contributed by atoms with E-state index in [4.69, 9.17) is 9.79 Å². The summed E-state index contributed by atoms with van der Waals surface area (Å²) in [5.41, 5.74) is 0.129. The van der Waals surface area contributed by atoms with Crippen LogP contribution in [0, 0.1) is 0 Å². The van der Waals surface area contributed by atoms with Gasteiger partial charge in [0.25, 0.3) is 0 Å². The normalized spacial score (nSPS) is 9.36. The number of carbonyl (C=O) groups excluding carboxylic acids is 1. The van der Waals surface area contributed by atoms with Gasteiger partial charge in [0.1, 0.15) is 0 Å². The Hall–Kier alpha value is -0.680. The number of hydrogen-bond donors (Lipinski definition) is 2. The van der Waals surface area contributed by atoms with Gasteiger partial charge in [0.2, 0.25) is 6.79 Å². The topological polar surface area (TPSA) is 93.1 Å². The first kappa shape index (κ1) is 19.0. The first-order valence-corrected chi connectivity index (χ1v) is 4.38. The highest BCUT2D eigenvalue weighted by molar-refractivity contribution is 7.46. The fraction of sp³-hybridized carbons (Fsp3) is 0.571. The van der Waals surface area contributed by atoms with Crippen molar-refractivity contribution in [1.82, 2.24) is 0 Å². The maximum atomic E-state index is 10.6. The Kier molecular flexibility index (Phi) is 10.4. The van der Waals surface area contributed by atoms with E-state index in [-0.39, 0.29) is 20.4 Å². The van der Waals surface area contributed by atoms with Crippen molar-refractivity contribution in [2.45, 2.75) is 21.8 Å². The van der Waals surface area contributed by atoms with Gasteiger partial charge in [0.15, 0.2) is 0 Å². The van der Waals surface area contributed by atoms with E-state index < -0.39 is 20.6 Å². The summed E-state index contributed by atoms with van der Waals surface area (Å²) in [6.07, 6.45) is 0. The molecule has 0 aromatic rings. The Morgan fingerprint density at radius 2 is 1.86 bits per heavy atom. The summed E-state index contributed by atoms with van der Waals surface area (Å²) in [7, 11) is -4.56. The lowest BCUT2D eigenvalue weighted by Gasteiger charge is -2.05. The van der Waals surface area contributed by atoms with Crippen molar-refractivity contribution < 1.29 is 28.4 Å². The zero-order chi connectivity index (χ0) is 9.78. The third-order valence-corrected chi connectivity index (χ3v) is 1.20. The number of esters is 1. The van der Waals surface area contributed by atoms with Gasteiger partial charge < -0.3 is 14.5 Å². The Bertz CT molecular complexity index is 230. The van der Waals surface area contributed by atoms with Crippen molar-refractivity contribution in [1.29, 1.82) is 0 Å². The van der Waals surface area contributed by atoms with Gasteiger partial charge in [-0.3, -0.25) is 0 Å². The summed E-state index contributed by atoms with van der Waals surface area (Å²) in [6.45, 7) is 3.87. The molecule has 6 nitrogen and oxygen atoms in total. The molecule has 14 heavy (non-hydrogen) atoms. The largest absolute Gasteiger partial charge is 0.472 e. The first-order valence-electron chi connectivity index (χ1n) is 2.85. The maximum Gasteiger partial charge on any atom is 0.472 e. The van der Waals surface area contributed by atoms with Gasteiger partial charge in [-0.05, 0) is 6.92 Å². The molecule has 0 aromatic heterocycles. The molecule has 2 N–H and O–H groups in total. The molecule has 7 heteroatoms. The first-order chi connectivity index (χ1) is 5.33. The summed E-state index contributed by atoms with van der Waals surface area (Å²) >= 11 is 0. The van der Waals surface area contributed by atoms with Gasteiger partial charge in [-0.25, -0.2) is 13.9 Å². The molecule has 0 aliphatic carbocycles. The molecule has 0 atom stereocenters. The molecular formula is C7H17O6P. The number of ether oxygens (including phenoxy) is 1. The SMILES string of the molecule is C.C.C=C(C)C(=O)OCOP(=O)(O)O. The number of phosphoric acid groups is 1. The van der Waals surface area contributed by atoms with Gasteiger partial charge in [-0.1, -0.05) is 21.4 Å². The number of phosphoric ester groups is 1. The molecule has 0 heterocycles. The van der Waals surface area contributed by atoms with Gasteiger partial charge in [-0.2, -0.15) is 0 Å². The van der Waals surface area contributed by atoms with Crippen molar-refractivity contribution in [2.75, 3.05) is 6.79 Å². The van der Waals surface area contributed by atoms with E-state index in [0.29, 0.717) is 0 Å². The maximum absolute atomic E-state index is 10.6. The summed E-state index contributed by atoms with van der Waals surface area (Å²) in [4.78, 5) is 26.9. The summed E-state index contributed by atoms with van der Waals surface area (Å²) in [5.74, 6) is -0.761. The second kappa shape index (κ2) is 7.70. The molecule has 86 valence electrons. The van der Waals surface area contributed by atoms with E-state index in [9.17, 15) is 9.36 Å². The minimum Gasteiger partial charge on any atom is -0.435 e. The van der Waals surface area contributed by atoms with Crippen LogP contribution < -0.4 is 0 Å². The van der Waals surface area contributed by atoms with Crippen LogP contribution in [0.5, 0.6) is 0 Å². The molecule has 0 radical (unpaired) electrons. The van der Waals surface area contributed by atoms with E-state index in [1.807, 2.05) is 0 Å². The van der Waals surface area contributed by atoms with Crippen LogP contribution in [0.4, 0.5) is 0 Å². The van der Waals surface area contributed by atoms with E-state index in [1.54, 1.807) is 0 Å². The molecule has 0 amide bonds. The third-order valence-electron chi connectivity index (χ3n) is 0.759. The number of hydrogen-bond acceptors (Lipinski definition) is 4. The highest BCUT2D eigenvalue weighted by Gasteiger charge is 2.14. The summed E-state index contributed by atoms with van der Waals surface area (Å²) < 4.78 is 18.1. The summed E-state index contributed by atoms with van der Waals surface area (Å²) in [6, 6.07) is 0. The molecule has 0 aromatic carbocycles. The van der Waals surface area contributed by atoms with Gasteiger partial charge >= 0.3 is 13.8 Å². The fourth-order valence-electron chi connectivity index (χ4n) is 0.272. The molecule has 0 aliphatic heterocycles. The summed E-state index contributed by atoms with van der Waals surface area (Å²) in [5, 5.41) is 0. The van der Waals surface area contributed by atoms with Crippen LogP contribution in [0.3, 0.4) is 0 Å². The number of rotatable bonds is 4. The fourth-order valence-corrected chi connectivity index (χ4v) is 0.462. The van der Waals surface area contributed by atoms with Crippen LogP contribution in [0.1, 0.15) is 21.8 Å². The van der Waals surface area contributed by atoms with Crippen LogP contribution >= 0.6 is 7.82 Å². The second-order valence-corrected chi connectivity index (χ2v) is 3.19. The Morgan fingerprint density at radius 3 is 2.14 bits per heavy atom. The molecule has 0 bridgehead atoms. The van der Waals surface area contributed by atoms with E-state index in [2.05, 4.69) is 15.8 Å². The van der Waals surface area contributed by atoms with Crippen LogP contribution in [0.25, 0.3) is 0 Å². The van der Waals surface area contributed by atoms with Crippen molar-refractivity contribution in [3.05, 3.63) is 12.2 Å². The zero-order valence-corrected chi connectivity index (χ0v) is 7.28. The van der Waals surface area contributed by atoms with E-state index in [0.717, 1.165) is 0 Å². The lowest BCUT2D eigenvalue weighted by atomic mass is 10.4. The van der Waals surface area contributed by atoms with Gasteiger partial charge in [-0.15, -0.1) is 0 Å². The molecule has 0 saturated carbocycles. The molecular weight excluding hydrogens is 211 g/mol. The lowest BCUT2D eigenvalue weighted by Crippen LogP contribution is -2.07. The van der Waals surface area contributed by atoms with Crippen LogP contribution in [0.15, 0.2) is 12.2 Å². The lowest BCUT2D eigenvalue weighted by molar-refractivity contribution is -0.145. The monoisotopic (exact) mass is 228 g/mol. The van der Waals surface area contributed by atoms with Crippen LogP contribution in [-0.2, 0) is 18.6 Å². The van der Waals surface area contributed by atoms with Crippen LogP contribution in [-0.4, -0.2) is 22.5 Å². The van der Waals surface area contributed by atoms with Crippen molar-refractivity contribution in [3.8, 4) is 0 Å². The van der Waals surface area contributed by atoms with Gasteiger partial charge in [0.05, 0.1) is 0 Å². The second-order valence-electron chi connectivity index (χ2n) is 1.95. The van der Waals surface area contributed by atoms with E-state index >= 15 is 0 Å². The zero-order valence-electron chi connectivity index (χ0n) is 6.39. The highest BCUT2D eigenvalue weighted by atomic mass is 31.2. The van der Waals surface area contributed by atoms with Crippen molar-refractivity contribution in [2.24, 2.45) is 0 Å². The molecule has 0 saturated heterocycles. The Balaban J connectivity index is -0.000000605. The Labute approximate surface area is 83.8 Å². The molecule has 0 spiro atoms. The molecule has 0 aliphatic rings. The average molecular weight is 228 g/mol. The van der Waals surface area contributed by atoms with Crippen molar-refractivity contribution >= 4 is 13.8 Å². The number of carbonyl (C=O) groups is 1. The van der Waals surface area contributed by atoms with Gasteiger partial charge in [0, 0.05) is 5.57 Å². The Morgan fingerprint density at radius 1 is 1.43 bits per heavy atom. The minimum absolute atomic E-state index is 0. The predicted octanol–water partition coefficient (Wildman–Crippen LogP) is 1.44. The highest BCUT2D eigenvalue weighted by Crippen LogP contribution is 2.35. The predicted molar refractivity (Wildman–Crippen MR) is 52.4 cm³/mol. The van der Waals surface area contributed by atoms with Crippen LogP contribution in [0.2, 0.25) is 0 Å². The minimum atomic E-state index is -4.56. The molecule has 0 unspecified atom stereocenters.